The van der Waals surface area contributed by atoms with E-state index in [2.05, 4.69) is 35.6 Å². The molecule has 2 aromatic heterocycles. The molecule has 0 spiro atoms. The van der Waals surface area contributed by atoms with Crippen LogP contribution >= 0.6 is 9.24 Å². The van der Waals surface area contributed by atoms with Gasteiger partial charge in [0.15, 0.2) is 11.5 Å². The Kier molecular flexibility index (Phi) is 12.8. The molecule has 50 heavy (non-hydrogen) atoms. The summed E-state index contributed by atoms with van der Waals surface area (Å²) in [5, 5.41) is 7.82. The second kappa shape index (κ2) is 16.5. The summed E-state index contributed by atoms with van der Waals surface area (Å²) in [5.74, 6) is 3.19. The van der Waals surface area contributed by atoms with Gasteiger partial charge in [-0.05, 0) is 72.3 Å². The molecule has 1 aliphatic rings. The van der Waals surface area contributed by atoms with E-state index in [0.717, 1.165) is 0 Å². The van der Waals surface area contributed by atoms with Crippen LogP contribution in [-0.4, -0.2) is 76.3 Å². The molecule has 0 bridgehead atoms. The number of amides is 1. The molecule has 1 aromatic carbocycles. The predicted molar refractivity (Wildman–Crippen MR) is 192 cm³/mol. The third-order valence-electron chi connectivity index (χ3n) is 8.80. The lowest BCUT2D eigenvalue weighted by atomic mass is 9.81. The van der Waals surface area contributed by atoms with Crippen molar-refractivity contribution in [2.24, 2.45) is 5.92 Å². The SMILES string of the molecule is C#CC[C@@H]1C[C@@H](Oc2cc(O[C@@H](C)[C@@H](C)C[C@H](F)CNC)nc(-c3cc(C(C)(C)c4c(F)cccc4P)on3)n2)CCN1C(=O)OC(C)(C)C. The zero-order valence-electron chi connectivity index (χ0n) is 30.3. The zero-order chi connectivity index (χ0) is 36.8. The van der Waals surface area contributed by atoms with E-state index in [9.17, 15) is 9.18 Å². The van der Waals surface area contributed by atoms with Crippen molar-refractivity contribution in [2.75, 3.05) is 20.1 Å². The second-order valence-corrected chi connectivity index (χ2v) is 15.1. The van der Waals surface area contributed by atoms with E-state index in [1.807, 2.05) is 54.5 Å². The third kappa shape index (κ3) is 9.91. The first kappa shape index (κ1) is 39.0. The van der Waals surface area contributed by atoms with Gasteiger partial charge in [-0.25, -0.2) is 13.6 Å². The molecule has 0 radical (unpaired) electrons. The van der Waals surface area contributed by atoms with Crippen LogP contribution in [0, 0.1) is 24.1 Å². The molecule has 10 nitrogen and oxygen atoms in total. The molecule has 0 saturated carbocycles. The Morgan fingerprint density at radius 1 is 1.20 bits per heavy atom. The molecule has 1 saturated heterocycles. The Labute approximate surface area is 296 Å². The highest BCUT2D eigenvalue weighted by Gasteiger charge is 2.36. The Morgan fingerprint density at radius 3 is 2.58 bits per heavy atom. The first-order valence-electron chi connectivity index (χ1n) is 17.0. The summed E-state index contributed by atoms with van der Waals surface area (Å²) in [4.78, 5) is 23.9. The molecule has 6 atom stereocenters. The van der Waals surface area contributed by atoms with Crippen LogP contribution in [0.5, 0.6) is 11.8 Å². The van der Waals surface area contributed by atoms with Gasteiger partial charge in [0, 0.05) is 50.0 Å². The van der Waals surface area contributed by atoms with Crippen molar-refractivity contribution in [1.29, 1.82) is 0 Å². The number of rotatable bonds is 13. The average molecular weight is 714 g/mol. The van der Waals surface area contributed by atoms with Crippen molar-refractivity contribution in [3.63, 3.8) is 0 Å². The number of nitrogens with one attached hydrogen (secondary N) is 1. The summed E-state index contributed by atoms with van der Waals surface area (Å²) in [6.45, 7) is 13.6. The maximum Gasteiger partial charge on any atom is 0.410 e. The van der Waals surface area contributed by atoms with Crippen LogP contribution in [0.4, 0.5) is 13.6 Å². The first-order valence-corrected chi connectivity index (χ1v) is 17.6. The number of hydrogen-bond donors (Lipinski definition) is 1. The predicted octanol–water partition coefficient (Wildman–Crippen LogP) is 6.62. The van der Waals surface area contributed by atoms with Crippen molar-refractivity contribution in [3.8, 4) is 35.6 Å². The minimum atomic E-state index is -1.03. The standard InChI is InChI=1S/C37H50F2N5O5P/c1-10-12-25-18-26(15-16-44(25)35(45)48-36(4,5)6)47-32-20-31(46-23(3)22(2)17-24(38)21-40-9)41-34(42-32)28-19-30(49-43-28)37(7,8)33-27(39)13-11-14-29(33)50/h1,11,13-14,19-20,22-26,40H,12,15-18,21,50H2,2-9H3/t22-,23-,24-,25+,26-/m0/s1. The van der Waals surface area contributed by atoms with E-state index in [4.69, 9.17) is 25.2 Å². The summed E-state index contributed by atoms with van der Waals surface area (Å²) in [6, 6.07) is 7.85. The molecule has 272 valence electrons. The normalized spacial score (nSPS) is 18.6. The van der Waals surface area contributed by atoms with Gasteiger partial charge in [0.1, 0.15) is 35.6 Å². The largest absolute Gasteiger partial charge is 0.474 e. The van der Waals surface area contributed by atoms with Crippen molar-refractivity contribution in [1.82, 2.24) is 25.3 Å². The van der Waals surface area contributed by atoms with Crippen LogP contribution < -0.4 is 20.1 Å². The number of hydrogen-bond acceptors (Lipinski definition) is 9. The van der Waals surface area contributed by atoms with Gasteiger partial charge < -0.3 is 29.0 Å². The number of carbonyl (C=O) groups excluding carboxylic acids is 1. The highest BCUT2D eigenvalue weighted by Crippen LogP contribution is 2.36. The molecule has 1 N–H and O–H groups in total. The smallest absolute Gasteiger partial charge is 0.410 e. The fourth-order valence-electron chi connectivity index (χ4n) is 6.03. The fourth-order valence-corrected chi connectivity index (χ4v) is 6.64. The number of ether oxygens (including phenoxy) is 3. The lowest BCUT2D eigenvalue weighted by Gasteiger charge is -2.39. The number of carbonyl (C=O) groups is 1. The molecule has 1 fully saturated rings. The molecule has 1 unspecified atom stereocenters. The van der Waals surface area contributed by atoms with E-state index in [1.54, 1.807) is 30.1 Å². The van der Waals surface area contributed by atoms with Gasteiger partial charge in [0.25, 0.3) is 0 Å². The fraction of sp³-hybridized carbons (Fsp3) is 0.568. The molecule has 1 aliphatic heterocycles. The first-order chi connectivity index (χ1) is 23.5. The Morgan fingerprint density at radius 2 is 1.92 bits per heavy atom. The number of terminal acetylenes is 1. The molecular formula is C37H50F2N5O5P. The lowest BCUT2D eigenvalue weighted by Crippen LogP contribution is -2.50. The highest BCUT2D eigenvalue weighted by atomic mass is 31.0. The van der Waals surface area contributed by atoms with Gasteiger partial charge in [0.2, 0.25) is 11.8 Å². The number of nitrogens with zero attached hydrogens (tertiary/aromatic N) is 4. The van der Waals surface area contributed by atoms with Crippen LogP contribution in [0.2, 0.25) is 0 Å². The van der Waals surface area contributed by atoms with Crippen LogP contribution in [0.15, 0.2) is 34.9 Å². The van der Waals surface area contributed by atoms with E-state index < -0.39 is 29.4 Å². The molecule has 1 amide bonds. The summed E-state index contributed by atoms with van der Waals surface area (Å²) in [6.07, 6.45) is 5.10. The number of piperidine rings is 1. The Balaban J connectivity index is 1.64. The van der Waals surface area contributed by atoms with Gasteiger partial charge >= 0.3 is 6.09 Å². The van der Waals surface area contributed by atoms with Crippen LogP contribution in [0.3, 0.4) is 0 Å². The number of benzene rings is 1. The number of alkyl halides is 1. The Hall–Kier alpha value is -3.81. The lowest BCUT2D eigenvalue weighted by molar-refractivity contribution is -0.00376. The zero-order valence-corrected chi connectivity index (χ0v) is 31.4. The monoisotopic (exact) mass is 713 g/mol. The molecular weight excluding hydrogens is 663 g/mol. The van der Waals surface area contributed by atoms with Gasteiger partial charge in [-0.3, -0.25) is 0 Å². The second-order valence-electron chi connectivity index (χ2n) is 14.5. The number of likely N-dealkylation sites (tertiary alicyclic amines) is 1. The van der Waals surface area contributed by atoms with Crippen molar-refractivity contribution in [2.45, 2.75) is 110 Å². The summed E-state index contributed by atoms with van der Waals surface area (Å²) < 4.78 is 53.5. The van der Waals surface area contributed by atoms with E-state index in [-0.39, 0.29) is 48.0 Å². The quantitative estimate of drug-likeness (QED) is 0.154. The summed E-state index contributed by atoms with van der Waals surface area (Å²) >= 11 is 0. The molecule has 3 aromatic rings. The molecule has 0 aliphatic carbocycles. The summed E-state index contributed by atoms with van der Waals surface area (Å²) in [5.41, 5.74) is -0.765. The maximum absolute atomic E-state index is 15.0. The maximum atomic E-state index is 15.0. The highest BCUT2D eigenvalue weighted by molar-refractivity contribution is 7.27. The van der Waals surface area contributed by atoms with Crippen LogP contribution in [0.25, 0.3) is 11.5 Å². The van der Waals surface area contributed by atoms with Gasteiger partial charge in [-0.2, -0.15) is 9.97 Å². The molecule has 13 heteroatoms. The molecule has 3 heterocycles. The van der Waals surface area contributed by atoms with Crippen LogP contribution in [-0.2, 0) is 10.2 Å². The van der Waals surface area contributed by atoms with Gasteiger partial charge in [-0.1, -0.05) is 24.2 Å². The van der Waals surface area contributed by atoms with Gasteiger partial charge in [-0.15, -0.1) is 21.6 Å². The average Bonchev–Trinajstić information content (AvgIpc) is 3.52. The number of aromatic nitrogens is 3. The van der Waals surface area contributed by atoms with Crippen molar-refractivity contribution in [3.05, 3.63) is 47.5 Å². The minimum Gasteiger partial charge on any atom is -0.474 e. The number of halogens is 2. The Bertz CT molecular complexity index is 1640. The summed E-state index contributed by atoms with van der Waals surface area (Å²) in [7, 11) is 4.28. The minimum absolute atomic E-state index is 0.135. The third-order valence-corrected chi connectivity index (χ3v) is 9.28. The molecule has 4 rings (SSSR count). The van der Waals surface area contributed by atoms with E-state index in [1.165, 1.54) is 6.07 Å². The van der Waals surface area contributed by atoms with Crippen molar-refractivity contribution >= 4 is 20.6 Å². The van der Waals surface area contributed by atoms with Gasteiger partial charge in [0.05, 0.1) is 11.5 Å². The van der Waals surface area contributed by atoms with E-state index >= 15 is 4.39 Å². The van der Waals surface area contributed by atoms with E-state index in [0.29, 0.717) is 54.6 Å². The van der Waals surface area contributed by atoms with Crippen molar-refractivity contribution < 1.29 is 32.3 Å². The topological polar surface area (TPSA) is 112 Å². The van der Waals surface area contributed by atoms with Crippen LogP contribution in [0.1, 0.15) is 85.5 Å².